The van der Waals surface area contributed by atoms with Gasteiger partial charge in [0.15, 0.2) is 6.61 Å². The lowest BCUT2D eigenvalue weighted by molar-refractivity contribution is -0.153. The zero-order valence-electron chi connectivity index (χ0n) is 16.8. The van der Waals surface area contributed by atoms with Gasteiger partial charge in [-0.2, -0.15) is 0 Å². The highest BCUT2D eigenvalue weighted by molar-refractivity contribution is 5.95. The van der Waals surface area contributed by atoms with E-state index in [4.69, 9.17) is 4.74 Å². The van der Waals surface area contributed by atoms with Gasteiger partial charge in [0.1, 0.15) is 0 Å². The van der Waals surface area contributed by atoms with Crippen LogP contribution in [0.1, 0.15) is 56.2 Å². The van der Waals surface area contributed by atoms with Crippen molar-refractivity contribution in [3.05, 3.63) is 65.2 Å². The maximum absolute atomic E-state index is 13.0. The predicted octanol–water partition coefficient (Wildman–Crippen LogP) is 4.81. The Bertz CT molecular complexity index is 801. The van der Waals surface area contributed by atoms with Crippen LogP contribution in [0.25, 0.3) is 0 Å². The summed E-state index contributed by atoms with van der Waals surface area (Å²) in [5.41, 5.74) is 3.41. The van der Waals surface area contributed by atoms with Crippen LogP contribution in [0.2, 0.25) is 0 Å². The molecule has 4 heteroatoms. The van der Waals surface area contributed by atoms with Gasteiger partial charge < -0.3 is 10.1 Å². The van der Waals surface area contributed by atoms with Crippen LogP contribution in [0.5, 0.6) is 0 Å². The van der Waals surface area contributed by atoms with Gasteiger partial charge in [-0.1, -0.05) is 75.2 Å². The summed E-state index contributed by atoms with van der Waals surface area (Å²) in [6.45, 7) is 3.87. The molecule has 4 nitrogen and oxygen atoms in total. The number of anilines is 1. The Morgan fingerprint density at radius 2 is 1.54 bits per heavy atom. The third-order valence-corrected chi connectivity index (χ3v) is 5.77. The maximum Gasteiger partial charge on any atom is 0.317 e. The third kappa shape index (κ3) is 4.11. The molecule has 148 valence electrons. The summed E-state index contributed by atoms with van der Waals surface area (Å²) in [5, 5.41) is 2.96. The van der Waals surface area contributed by atoms with Crippen molar-refractivity contribution in [3.8, 4) is 0 Å². The van der Waals surface area contributed by atoms with Crippen molar-refractivity contribution in [1.29, 1.82) is 0 Å². The van der Waals surface area contributed by atoms with Crippen LogP contribution in [0.15, 0.2) is 48.5 Å². The Labute approximate surface area is 167 Å². The van der Waals surface area contributed by atoms with E-state index in [1.165, 1.54) is 0 Å². The first-order valence-electron chi connectivity index (χ1n) is 10.2. The number of esters is 1. The summed E-state index contributed by atoms with van der Waals surface area (Å²) >= 11 is 0. The summed E-state index contributed by atoms with van der Waals surface area (Å²) in [6.07, 6.45) is 5.22. The predicted molar refractivity (Wildman–Crippen MR) is 111 cm³/mol. The molecule has 2 aromatic carbocycles. The molecule has 1 fully saturated rings. The van der Waals surface area contributed by atoms with Gasteiger partial charge in [0.2, 0.25) is 0 Å². The van der Waals surface area contributed by atoms with Crippen LogP contribution in [-0.4, -0.2) is 18.5 Å². The number of hydrogen-bond donors (Lipinski definition) is 1. The lowest BCUT2D eigenvalue weighted by Crippen LogP contribution is -2.36. The number of rotatable bonds is 7. The summed E-state index contributed by atoms with van der Waals surface area (Å²) in [4.78, 5) is 25.5. The number of para-hydroxylation sites is 1. The van der Waals surface area contributed by atoms with Crippen molar-refractivity contribution < 1.29 is 14.3 Å². The van der Waals surface area contributed by atoms with E-state index >= 15 is 0 Å². The molecule has 0 radical (unpaired) electrons. The second-order valence-electron chi connectivity index (χ2n) is 7.44. The van der Waals surface area contributed by atoms with Gasteiger partial charge in [-0.25, -0.2) is 0 Å². The smallest absolute Gasteiger partial charge is 0.317 e. The van der Waals surface area contributed by atoms with Crippen LogP contribution < -0.4 is 5.32 Å². The van der Waals surface area contributed by atoms with E-state index in [1.807, 2.05) is 48.5 Å². The van der Waals surface area contributed by atoms with E-state index in [0.717, 1.165) is 60.9 Å². The molecule has 1 aliphatic rings. The van der Waals surface area contributed by atoms with Gasteiger partial charge in [0, 0.05) is 5.69 Å². The highest BCUT2D eigenvalue weighted by atomic mass is 16.5. The van der Waals surface area contributed by atoms with E-state index in [2.05, 4.69) is 19.2 Å². The Hall–Kier alpha value is -2.62. The zero-order chi connectivity index (χ0) is 20.0. The normalized spacial score (nSPS) is 15.2. The van der Waals surface area contributed by atoms with Crippen molar-refractivity contribution in [2.24, 2.45) is 0 Å². The molecule has 0 spiro atoms. The number of ether oxygens (including phenoxy) is 1. The van der Waals surface area contributed by atoms with Crippen molar-refractivity contribution in [2.75, 3.05) is 11.9 Å². The standard InChI is InChI=1S/C24H29NO3/c1-3-18-11-10-12-19(4-2)22(18)25-21(26)17-28-23(27)24(15-8-9-16-24)20-13-6-5-7-14-20/h5-7,10-14H,3-4,8-9,15-17H2,1-2H3,(H,25,26). The van der Waals surface area contributed by atoms with E-state index in [-0.39, 0.29) is 18.5 Å². The number of amides is 1. The molecular weight excluding hydrogens is 350 g/mol. The molecule has 28 heavy (non-hydrogen) atoms. The minimum absolute atomic E-state index is 0.255. The number of nitrogens with one attached hydrogen (secondary N) is 1. The molecule has 0 saturated heterocycles. The van der Waals surface area contributed by atoms with E-state index in [1.54, 1.807) is 0 Å². The van der Waals surface area contributed by atoms with Gasteiger partial charge in [-0.05, 0) is 42.4 Å². The van der Waals surface area contributed by atoms with Crippen LogP contribution in [0.3, 0.4) is 0 Å². The summed E-state index contributed by atoms with van der Waals surface area (Å²) in [7, 11) is 0. The molecular formula is C24H29NO3. The van der Waals surface area contributed by atoms with Gasteiger partial charge >= 0.3 is 5.97 Å². The zero-order valence-corrected chi connectivity index (χ0v) is 16.8. The number of benzene rings is 2. The average Bonchev–Trinajstić information content (AvgIpc) is 3.24. The quantitative estimate of drug-likeness (QED) is 0.703. The third-order valence-electron chi connectivity index (χ3n) is 5.77. The van der Waals surface area contributed by atoms with Gasteiger partial charge in [0.25, 0.3) is 5.91 Å². The van der Waals surface area contributed by atoms with Crippen molar-refractivity contribution >= 4 is 17.6 Å². The fraction of sp³-hybridized carbons (Fsp3) is 0.417. The van der Waals surface area contributed by atoms with Gasteiger partial charge in [-0.3, -0.25) is 9.59 Å². The highest BCUT2D eigenvalue weighted by Crippen LogP contribution is 2.42. The first-order chi connectivity index (χ1) is 13.6. The molecule has 2 aromatic rings. The number of aryl methyl sites for hydroxylation is 2. The van der Waals surface area contributed by atoms with Crippen LogP contribution in [0.4, 0.5) is 5.69 Å². The Morgan fingerprint density at radius 1 is 0.929 bits per heavy atom. The molecule has 3 rings (SSSR count). The van der Waals surface area contributed by atoms with Crippen molar-refractivity contribution in [2.45, 2.75) is 57.8 Å². The molecule has 0 heterocycles. The van der Waals surface area contributed by atoms with Crippen LogP contribution in [-0.2, 0) is 32.6 Å². The molecule has 0 unspecified atom stereocenters. The topological polar surface area (TPSA) is 55.4 Å². The highest BCUT2D eigenvalue weighted by Gasteiger charge is 2.44. The number of carbonyl (C=O) groups excluding carboxylic acids is 2. The minimum Gasteiger partial charge on any atom is -0.455 e. The molecule has 1 amide bonds. The fourth-order valence-corrected chi connectivity index (χ4v) is 4.19. The first kappa shape index (κ1) is 20.1. The molecule has 1 N–H and O–H groups in total. The van der Waals surface area contributed by atoms with E-state index in [0.29, 0.717) is 0 Å². The second-order valence-corrected chi connectivity index (χ2v) is 7.44. The molecule has 0 aliphatic heterocycles. The lowest BCUT2D eigenvalue weighted by atomic mass is 9.79. The summed E-state index contributed by atoms with van der Waals surface area (Å²) in [6, 6.07) is 15.9. The Kier molecular flexibility index (Phi) is 6.50. The van der Waals surface area contributed by atoms with Gasteiger partial charge in [-0.15, -0.1) is 0 Å². The van der Waals surface area contributed by atoms with Gasteiger partial charge in [0.05, 0.1) is 5.41 Å². The largest absolute Gasteiger partial charge is 0.455 e. The van der Waals surface area contributed by atoms with E-state index < -0.39 is 5.41 Å². The number of hydrogen-bond acceptors (Lipinski definition) is 3. The van der Waals surface area contributed by atoms with Crippen LogP contribution in [0, 0.1) is 0 Å². The first-order valence-corrected chi connectivity index (χ1v) is 10.2. The second kappa shape index (κ2) is 9.05. The fourth-order valence-electron chi connectivity index (χ4n) is 4.19. The molecule has 1 saturated carbocycles. The average molecular weight is 380 g/mol. The summed E-state index contributed by atoms with van der Waals surface area (Å²) < 4.78 is 5.51. The molecule has 0 atom stereocenters. The van der Waals surface area contributed by atoms with E-state index in [9.17, 15) is 9.59 Å². The summed E-state index contributed by atoms with van der Waals surface area (Å²) in [5.74, 6) is -0.573. The van der Waals surface area contributed by atoms with Crippen molar-refractivity contribution in [3.63, 3.8) is 0 Å². The molecule has 0 bridgehead atoms. The van der Waals surface area contributed by atoms with Crippen molar-refractivity contribution in [1.82, 2.24) is 0 Å². The maximum atomic E-state index is 13.0. The molecule has 0 aromatic heterocycles. The van der Waals surface area contributed by atoms with Crippen LogP contribution >= 0.6 is 0 Å². The monoisotopic (exact) mass is 379 g/mol. The Morgan fingerprint density at radius 3 is 2.11 bits per heavy atom. The lowest BCUT2D eigenvalue weighted by Gasteiger charge is -2.27. The number of carbonyl (C=O) groups is 2. The Balaban J connectivity index is 1.69. The minimum atomic E-state index is -0.614. The molecule has 1 aliphatic carbocycles. The SMILES string of the molecule is CCc1cccc(CC)c1NC(=O)COC(=O)C1(c2ccccc2)CCCC1.